The molecule has 34 heavy (non-hydrogen) atoms. The summed E-state index contributed by atoms with van der Waals surface area (Å²) in [6.45, 7) is 13.6. The molecule has 0 bridgehead atoms. The normalized spacial score (nSPS) is 10.6. The summed E-state index contributed by atoms with van der Waals surface area (Å²) in [5.74, 6) is -0.348. The fourth-order valence-electron chi connectivity index (χ4n) is 2.79. The van der Waals surface area contributed by atoms with Crippen LogP contribution in [-0.4, -0.2) is 36.6 Å². The minimum Gasteiger partial charge on any atom is -0.444 e. The number of aldehydes is 1. The highest BCUT2D eigenvalue weighted by atomic mass is 16.6. The largest absolute Gasteiger partial charge is 0.444 e. The van der Waals surface area contributed by atoms with Crippen LogP contribution < -0.4 is 10.6 Å². The molecule has 1 unspecified atom stereocenters. The second-order valence-electron chi connectivity index (χ2n) is 7.69. The van der Waals surface area contributed by atoms with E-state index in [1.54, 1.807) is 20.8 Å². The van der Waals surface area contributed by atoms with Gasteiger partial charge in [-0.3, -0.25) is 4.98 Å². The topological polar surface area (TPSA) is 80.3 Å². The van der Waals surface area contributed by atoms with E-state index in [0.29, 0.717) is 0 Å². The average Bonchev–Trinajstić information content (AvgIpc) is 2.86. The molecule has 1 heterocycles. The number of carbonyl (C=O) groups excluding carboxylic acids is 2. The summed E-state index contributed by atoms with van der Waals surface area (Å²) in [5, 5.41) is 8.13. The number of nitrogens with zero attached hydrogens (tertiary/aromatic N) is 1. The van der Waals surface area contributed by atoms with Gasteiger partial charge < -0.3 is 20.2 Å². The smallest absolute Gasteiger partial charge is 0.407 e. The van der Waals surface area contributed by atoms with Crippen LogP contribution in [0.25, 0.3) is 10.8 Å². The van der Waals surface area contributed by atoms with Crippen molar-refractivity contribution in [3.63, 3.8) is 0 Å². The van der Waals surface area contributed by atoms with Crippen LogP contribution in [0.15, 0.2) is 67.0 Å². The summed E-state index contributed by atoms with van der Waals surface area (Å²) in [6, 6.07) is 17.5. The zero-order chi connectivity index (χ0) is 26.0. The van der Waals surface area contributed by atoms with Crippen molar-refractivity contribution in [3.05, 3.63) is 72.6 Å². The van der Waals surface area contributed by atoms with E-state index in [2.05, 4.69) is 27.8 Å². The number of rotatable bonds is 5. The maximum Gasteiger partial charge on any atom is 0.407 e. The van der Waals surface area contributed by atoms with E-state index in [1.807, 2.05) is 89.6 Å². The molecule has 0 saturated carbocycles. The molecule has 0 radical (unpaired) electrons. The minimum atomic E-state index is -0.534. The first-order valence-corrected chi connectivity index (χ1v) is 11.8. The predicted molar refractivity (Wildman–Crippen MR) is 143 cm³/mol. The zero-order valence-corrected chi connectivity index (χ0v) is 21.9. The highest BCUT2D eigenvalue weighted by Gasteiger charge is 2.17. The molecule has 0 aliphatic carbocycles. The van der Waals surface area contributed by atoms with Crippen molar-refractivity contribution in [3.8, 4) is 0 Å². The summed E-state index contributed by atoms with van der Waals surface area (Å²) in [7, 11) is 1.93. The molecule has 3 rings (SSSR count). The molecule has 0 saturated heterocycles. The van der Waals surface area contributed by atoms with Crippen molar-refractivity contribution in [2.75, 3.05) is 18.9 Å². The molecular formula is C28H41N3O3. The Labute approximate surface area is 205 Å². The number of aromatic nitrogens is 1. The van der Waals surface area contributed by atoms with E-state index >= 15 is 0 Å². The number of amides is 1. The third-order valence-electron chi connectivity index (χ3n) is 4.21. The van der Waals surface area contributed by atoms with Crippen LogP contribution in [0.1, 0.15) is 59.9 Å². The monoisotopic (exact) mass is 467 g/mol. The van der Waals surface area contributed by atoms with Crippen LogP contribution in [0.4, 0.5) is 10.5 Å². The number of nitrogens with one attached hydrogen (secondary N) is 2. The highest BCUT2D eigenvalue weighted by Crippen LogP contribution is 2.21. The maximum absolute atomic E-state index is 11.5. The number of alkyl carbamates (subject to hydrolysis) is 1. The lowest BCUT2D eigenvalue weighted by molar-refractivity contribution is -0.109. The second kappa shape index (κ2) is 17.1. The Kier molecular flexibility index (Phi) is 15.4. The Morgan fingerprint density at radius 1 is 1.00 bits per heavy atom. The van der Waals surface area contributed by atoms with Gasteiger partial charge in [0.25, 0.3) is 0 Å². The van der Waals surface area contributed by atoms with E-state index in [-0.39, 0.29) is 12.5 Å². The van der Waals surface area contributed by atoms with Crippen molar-refractivity contribution in [2.45, 2.75) is 60.0 Å². The van der Waals surface area contributed by atoms with Crippen LogP contribution in [0.5, 0.6) is 0 Å². The number of hydrogen-bond donors (Lipinski definition) is 2. The highest BCUT2D eigenvalue weighted by molar-refractivity contribution is 5.93. The van der Waals surface area contributed by atoms with Crippen molar-refractivity contribution >= 4 is 28.8 Å². The Balaban J connectivity index is 0.000000587. The van der Waals surface area contributed by atoms with Crippen molar-refractivity contribution in [2.24, 2.45) is 0 Å². The molecule has 1 amide bonds. The van der Waals surface area contributed by atoms with Gasteiger partial charge in [0.2, 0.25) is 0 Å². The summed E-state index contributed by atoms with van der Waals surface area (Å²) < 4.78 is 5.10. The Morgan fingerprint density at radius 2 is 1.65 bits per heavy atom. The molecule has 0 spiro atoms. The van der Waals surface area contributed by atoms with E-state index in [9.17, 15) is 9.59 Å². The van der Waals surface area contributed by atoms with Gasteiger partial charge >= 0.3 is 6.09 Å². The van der Waals surface area contributed by atoms with E-state index in [1.165, 1.54) is 10.8 Å². The van der Waals surface area contributed by atoms with Crippen LogP contribution in [-0.2, 0) is 9.53 Å². The molecule has 0 aliphatic heterocycles. The fraction of sp³-hybridized carbons (Fsp3) is 0.393. The summed E-state index contributed by atoms with van der Waals surface area (Å²) in [5.41, 5.74) is 1.49. The van der Waals surface area contributed by atoms with Crippen molar-refractivity contribution in [1.82, 2.24) is 10.3 Å². The van der Waals surface area contributed by atoms with Crippen LogP contribution in [0, 0.1) is 0 Å². The number of pyridine rings is 1. The second-order valence-corrected chi connectivity index (χ2v) is 7.69. The minimum absolute atomic E-state index is 0.239. The Hall–Kier alpha value is -3.41. The van der Waals surface area contributed by atoms with Crippen LogP contribution in [0.3, 0.4) is 0 Å². The van der Waals surface area contributed by atoms with Gasteiger partial charge in [-0.05, 0) is 38.5 Å². The average molecular weight is 468 g/mol. The van der Waals surface area contributed by atoms with Gasteiger partial charge in [0.05, 0.1) is 5.92 Å². The summed E-state index contributed by atoms with van der Waals surface area (Å²) in [6.07, 6.45) is 4.00. The van der Waals surface area contributed by atoms with Gasteiger partial charge in [0.15, 0.2) is 0 Å². The Morgan fingerprint density at radius 3 is 2.21 bits per heavy atom. The van der Waals surface area contributed by atoms with Crippen molar-refractivity contribution < 1.29 is 14.3 Å². The molecule has 6 heteroatoms. The van der Waals surface area contributed by atoms with E-state index < -0.39 is 11.7 Å². The van der Waals surface area contributed by atoms with Gasteiger partial charge in [-0.15, -0.1) is 0 Å². The molecule has 0 fully saturated rings. The SMILES string of the molecule is CC.CC.CC(C)(C)OC(=O)NCC(C=O)c1ccccc1.CNc1cccc2cnccc12. The molecule has 0 aliphatic rings. The lowest BCUT2D eigenvalue weighted by Gasteiger charge is -2.20. The predicted octanol–water partition coefficient (Wildman–Crippen LogP) is 6.82. The number of benzene rings is 2. The van der Waals surface area contributed by atoms with E-state index in [0.717, 1.165) is 17.5 Å². The number of fused-ring (bicyclic) bond motifs is 1. The number of hydrogen-bond acceptors (Lipinski definition) is 5. The molecule has 186 valence electrons. The third-order valence-corrected chi connectivity index (χ3v) is 4.21. The first kappa shape index (κ1) is 30.6. The lowest BCUT2D eigenvalue weighted by atomic mass is 10.0. The summed E-state index contributed by atoms with van der Waals surface area (Å²) in [4.78, 5) is 26.5. The van der Waals surface area contributed by atoms with Crippen LogP contribution >= 0.6 is 0 Å². The van der Waals surface area contributed by atoms with Crippen molar-refractivity contribution in [1.29, 1.82) is 0 Å². The van der Waals surface area contributed by atoms with Gasteiger partial charge in [0.1, 0.15) is 11.9 Å². The first-order valence-electron chi connectivity index (χ1n) is 11.8. The van der Waals surface area contributed by atoms with Gasteiger partial charge in [0, 0.05) is 42.4 Å². The van der Waals surface area contributed by atoms with Gasteiger partial charge in [-0.2, -0.15) is 0 Å². The molecule has 1 atom stereocenters. The molecular weight excluding hydrogens is 426 g/mol. The van der Waals surface area contributed by atoms with Crippen LogP contribution in [0.2, 0.25) is 0 Å². The zero-order valence-electron chi connectivity index (χ0n) is 21.9. The molecule has 6 nitrogen and oxygen atoms in total. The first-order chi connectivity index (χ1) is 16.3. The maximum atomic E-state index is 11.5. The molecule has 2 aromatic carbocycles. The van der Waals surface area contributed by atoms with E-state index in [4.69, 9.17) is 4.74 Å². The molecule has 3 aromatic rings. The van der Waals surface area contributed by atoms with Gasteiger partial charge in [-0.1, -0.05) is 70.2 Å². The third kappa shape index (κ3) is 11.5. The molecule has 1 aromatic heterocycles. The number of anilines is 1. The lowest BCUT2D eigenvalue weighted by Crippen LogP contribution is -2.35. The molecule has 2 N–H and O–H groups in total. The van der Waals surface area contributed by atoms with Gasteiger partial charge in [-0.25, -0.2) is 4.79 Å². The summed E-state index contributed by atoms with van der Waals surface area (Å²) >= 11 is 0. The Bertz CT molecular complexity index is 949. The fourth-order valence-corrected chi connectivity index (χ4v) is 2.79. The standard InChI is InChI=1S/C14H19NO3.C10H10N2.2C2H6/c1-14(2,3)18-13(17)15-9-12(10-16)11-7-5-4-6-8-11;1-11-10-4-2-3-8-7-12-6-5-9(8)10;2*1-2/h4-8,10,12H,9H2,1-3H3,(H,15,17);2-7,11H,1H3;2*1-2H3. The quantitative estimate of drug-likeness (QED) is 0.402. The number of carbonyl (C=O) groups is 2. The number of ether oxygens (including phenoxy) is 1.